The zero-order chi connectivity index (χ0) is 18.0. The van der Waals surface area contributed by atoms with Gasteiger partial charge in [-0.3, -0.25) is 4.79 Å². The second kappa shape index (κ2) is 6.93. The molecule has 9 heteroatoms. The largest absolute Gasteiger partial charge is 0.454 e. The molecule has 1 aromatic carbocycles. The highest BCUT2D eigenvalue weighted by atomic mass is 32.2. The molecule has 0 amide bonds. The van der Waals surface area contributed by atoms with E-state index in [0.717, 1.165) is 17.4 Å². The Kier molecular flexibility index (Phi) is 4.87. The average molecular weight is 365 g/mol. The average Bonchev–Trinajstić information content (AvgIpc) is 3.22. The predicted molar refractivity (Wildman–Crippen MR) is 88.8 cm³/mol. The van der Waals surface area contributed by atoms with Gasteiger partial charge < -0.3 is 9.26 Å². The first-order valence-electron chi connectivity index (χ1n) is 7.87. The Bertz CT molecular complexity index is 860. The van der Waals surface area contributed by atoms with E-state index in [-0.39, 0.29) is 12.5 Å². The summed E-state index contributed by atoms with van der Waals surface area (Å²) >= 11 is 0. The zero-order valence-electron chi connectivity index (χ0n) is 14.0. The topological polar surface area (TPSA) is 103 Å². The number of ether oxygens (including phenoxy) is 1. The number of sulfonamides is 1. The fourth-order valence-corrected chi connectivity index (χ4v) is 3.85. The van der Waals surface area contributed by atoms with Gasteiger partial charge in [-0.2, -0.15) is 9.29 Å². The number of aryl methyl sites for hydroxylation is 1. The van der Waals surface area contributed by atoms with Crippen LogP contribution in [0, 0.1) is 6.92 Å². The molecule has 1 atom stereocenters. The summed E-state index contributed by atoms with van der Waals surface area (Å²) in [5, 5.41) is 3.86. The molecule has 1 fully saturated rings. The Morgan fingerprint density at radius 3 is 2.76 bits per heavy atom. The van der Waals surface area contributed by atoms with Gasteiger partial charge in [0.25, 0.3) is 5.89 Å². The van der Waals surface area contributed by atoms with Crippen LogP contribution in [0.3, 0.4) is 0 Å². The summed E-state index contributed by atoms with van der Waals surface area (Å²) in [6, 6.07) is 6.84. The summed E-state index contributed by atoms with van der Waals surface area (Å²) in [6.45, 7) is 2.12. The van der Waals surface area contributed by atoms with Crippen molar-refractivity contribution in [1.82, 2.24) is 14.4 Å². The van der Waals surface area contributed by atoms with Crippen molar-refractivity contribution in [3.63, 3.8) is 0 Å². The second-order valence-corrected chi connectivity index (χ2v) is 7.95. The van der Waals surface area contributed by atoms with E-state index in [9.17, 15) is 13.2 Å². The van der Waals surface area contributed by atoms with Crippen LogP contribution in [-0.4, -0.2) is 47.7 Å². The number of carbonyl (C=O) groups is 1. The van der Waals surface area contributed by atoms with Crippen LogP contribution >= 0.6 is 0 Å². The Balaban J connectivity index is 1.62. The molecule has 0 unspecified atom stereocenters. The van der Waals surface area contributed by atoms with Gasteiger partial charge in [-0.15, -0.1) is 0 Å². The molecule has 0 radical (unpaired) electrons. The monoisotopic (exact) mass is 365 g/mol. The van der Waals surface area contributed by atoms with Crippen molar-refractivity contribution in [3.05, 3.63) is 35.7 Å². The minimum Gasteiger partial charge on any atom is -0.454 e. The van der Waals surface area contributed by atoms with E-state index in [1.165, 1.54) is 4.31 Å². The van der Waals surface area contributed by atoms with Gasteiger partial charge in [-0.1, -0.05) is 35.0 Å². The zero-order valence-corrected chi connectivity index (χ0v) is 14.8. The van der Waals surface area contributed by atoms with E-state index in [1.54, 1.807) is 0 Å². The lowest BCUT2D eigenvalue weighted by Gasteiger charge is -2.20. The number of carbonyl (C=O) groups excluding carboxylic acids is 1. The fourth-order valence-electron chi connectivity index (χ4n) is 2.74. The maximum absolute atomic E-state index is 12.2. The third-order valence-corrected chi connectivity index (χ3v) is 5.31. The molecular formula is C16H19N3O5S. The van der Waals surface area contributed by atoms with Gasteiger partial charge >= 0.3 is 5.97 Å². The van der Waals surface area contributed by atoms with Gasteiger partial charge in [0, 0.05) is 12.1 Å². The molecule has 2 aromatic rings. The maximum atomic E-state index is 12.2. The molecule has 0 saturated carbocycles. The first-order valence-corrected chi connectivity index (χ1v) is 9.72. The van der Waals surface area contributed by atoms with Crippen molar-refractivity contribution < 1.29 is 22.5 Å². The highest BCUT2D eigenvalue weighted by molar-refractivity contribution is 7.88. The molecule has 0 bridgehead atoms. The van der Waals surface area contributed by atoms with Gasteiger partial charge in [0.1, 0.15) is 6.04 Å². The number of aromatic nitrogens is 2. The van der Waals surface area contributed by atoms with Gasteiger partial charge in [-0.05, 0) is 19.8 Å². The Morgan fingerprint density at radius 1 is 1.36 bits per heavy atom. The lowest BCUT2D eigenvalue weighted by Crippen LogP contribution is -2.40. The quantitative estimate of drug-likeness (QED) is 0.740. The molecule has 2 heterocycles. The first kappa shape index (κ1) is 17.6. The number of rotatable bonds is 5. The van der Waals surface area contributed by atoms with Crippen molar-refractivity contribution in [2.24, 2.45) is 0 Å². The van der Waals surface area contributed by atoms with Gasteiger partial charge in [-0.25, -0.2) is 8.42 Å². The highest BCUT2D eigenvalue weighted by Crippen LogP contribution is 2.22. The molecule has 25 heavy (non-hydrogen) atoms. The molecule has 0 aliphatic carbocycles. The molecular weight excluding hydrogens is 346 g/mol. The predicted octanol–water partition coefficient (Wildman–Crippen LogP) is 1.51. The summed E-state index contributed by atoms with van der Waals surface area (Å²) < 4.78 is 34.8. The summed E-state index contributed by atoms with van der Waals surface area (Å²) in [6.07, 6.45) is 2.17. The van der Waals surface area contributed by atoms with Crippen LogP contribution < -0.4 is 0 Å². The standard InChI is InChI=1S/C16H19N3O5S/c1-11-5-7-12(8-6-11)15-17-14(24-18-15)10-23-16(20)13-4-3-9-19(13)25(2,21)22/h5-8,13H,3-4,9-10H2,1-2H3/t13-/m0/s1. The van der Waals surface area contributed by atoms with Crippen molar-refractivity contribution in [3.8, 4) is 11.4 Å². The van der Waals surface area contributed by atoms with E-state index >= 15 is 0 Å². The van der Waals surface area contributed by atoms with E-state index in [4.69, 9.17) is 9.26 Å². The second-order valence-electron chi connectivity index (χ2n) is 6.02. The third kappa shape index (κ3) is 4.05. The molecule has 1 saturated heterocycles. The molecule has 1 aromatic heterocycles. The summed E-state index contributed by atoms with van der Waals surface area (Å²) in [7, 11) is -3.43. The summed E-state index contributed by atoms with van der Waals surface area (Å²) in [4.78, 5) is 16.4. The van der Waals surface area contributed by atoms with Crippen molar-refractivity contribution in [2.75, 3.05) is 12.8 Å². The van der Waals surface area contributed by atoms with Crippen LogP contribution in [0.5, 0.6) is 0 Å². The van der Waals surface area contributed by atoms with Gasteiger partial charge in [0.2, 0.25) is 15.8 Å². The van der Waals surface area contributed by atoms with Crippen molar-refractivity contribution in [2.45, 2.75) is 32.4 Å². The lowest BCUT2D eigenvalue weighted by molar-refractivity contribution is -0.149. The smallest absolute Gasteiger partial charge is 0.324 e. The van der Waals surface area contributed by atoms with Crippen LogP contribution in [-0.2, 0) is 26.2 Å². The minimum atomic E-state index is -3.43. The van der Waals surface area contributed by atoms with Crippen LogP contribution in [0.4, 0.5) is 0 Å². The van der Waals surface area contributed by atoms with Gasteiger partial charge in [0.15, 0.2) is 6.61 Å². The highest BCUT2D eigenvalue weighted by Gasteiger charge is 2.37. The molecule has 3 rings (SSSR count). The number of hydrogen-bond acceptors (Lipinski definition) is 7. The Labute approximate surface area is 145 Å². The number of esters is 1. The maximum Gasteiger partial charge on any atom is 0.324 e. The Hall–Kier alpha value is -2.26. The number of benzene rings is 1. The van der Waals surface area contributed by atoms with Crippen molar-refractivity contribution in [1.29, 1.82) is 0 Å². The summed E-state index contributed by atoms with van der Waals surface area (Å²) in [5.41, 5.74) is 1.92. The van der Waals surface area contributed by atoms with Crippen LogP contribution in [0.15, 0.2) is 28.8 Å². The molecule has 134 valence electrons. The number of nitrogens with zero attached hydrogens (tertiary/aromatic N) is 3. The SMILES string of the molecule is Cc1ccc(-c2noc(COC(=O)[C@@H]3CCCN3S(C)(=O)=O)n2)cc1. The van der Waals surface area contributed by atoms with E-state index in [0.29, 0.717) is 25.2 Å². The van der Waals surface area contributed by atoms with Crippen LogP contribution in [0.25, 0.3) is 11.4 Å². The first-order chi connectivity index (χ1) is 11.8. The molecule has 0 N–H and O–H groups in total. The van der Waals surface area contributed by atoms with Crippen LogP contribution in [0.1, 0.15) is 24.3 Å². The fraction of sp³-hybridized carbons (Fsp3) is 0.438. The molecule has 1 aliphatic rings. The van der Waals surface area contributed by atoms with Crippen molar-refractivity contribution >= 4 is 16.0 Å². The summed E-state index contributed by atoms with van der Waals surface area (Å²) in [5.74, 6) is -0.0319. The Morgan fingerprint density at radius 2 is 2.08 bits per heavy atom. The minimum absolute atomic E-state index is 0.160. The van der Waals surface area contributed by atoms with Gasteiger partial charge in [0.05, 0.1) is 6.26 Å². The van der Waals surface area contributed by atoms with E-state index < -0.39 is 22.0 Å². The van der Waals surface area contributed by atoms with E-state index in [1.807, 2.05) is 31.2 Å². The normalized spacial score (nSPS) is 18.4. The van der Waals surface area contributed by atoms with E-state index in [2.05, 4.69) is 10.1 Å². The lowest BCUT2D eigenvalue weighted by atomic mass is 10.1. The third-order valence-electron chi connectivity index (χ3n) is 4.02. The number of hydrogen-bond donors (Lipinski definition) is 0. The molecule has 8 nitrogen and oxygen atoms in total. The van der Waals surface area contributed by atoms with Crippen LogP contribution in [0.2, 0.25) is 0 Å². The molecule has 0 spiro atoms. The molecule has 1 aliphatic heterocycles.